The van der Waals surface area contributed by atoms with Crippen LogP contribution in [0.15, 0.2) is 24.3 Å². The molecule has 0 bridgehead atoms. The van der Waals surface area contributed by atoms with Gasteiger partial charge < -0.3 is 15.4 Å². The normalized spacial score (nSPS) is 12.2. The SMILES string of the molecule is CCOC(C)CNCC(=O)Nc1ccc(C)cc1. The van der Waals surface area contributed by atoms with Gasteiger partial charge in [-0.3, -0.25) is 4.79 Å². The molecule has 100 valence electrons. The van der Waals surface area contributed by atoms with Gasteiger partial charge in [0.1, 0.15) is 0 Å². The molecule has 1 unspecified atom stereocenters. The van der Waals surface area contributed by atoms with E-state index in [-0.39, 0.29) is 12.0 Å². The fraction of sp³-hybridized carbons (Fsp3) is 0.500. The fourth-order valence-electron chi connectivity index (χ4n) is 1.57. The van der Waals surface area contributed by atoms with Crippen molar-refractivity contribution >= 4 is 11.6 Å². The fourth-order valence-corrected chi connectivity index (χ4v) is 1.57. The quantitative estimate of drug-likeness (QED) is 0.777. The summed E-state index contributed by atoms with van der Waals surface area (Å²) in [5.74, 6) is -0.0393. The Labute approximate surface area is 109 Å². The van der Waals surface area contributed by atoms with Crippen molar-refractivity contribution in [1.29, 1.82) is 0 Å². The first kappa shape index (κ1) is 14.7. The first-order chi connectivity index (χ1) is 8.61. The molecule has 0 radical (unpaired) electrons. The number of aryl methyl sites for hydroxylation is 1. The van der Waals surface area contributed by atoms with Gasteiger partial charge >= 0.3 is 0 Å². The summed E-state index contributed by atoms with van der Waals surface area (Å²) in [4.78, 5) is 11.6. The summed E-state index contributed by atoms with van der Waals surface area (Å²) in [6.45, 7) is 7.62. The summed E-state index contributed by atoms with van der Waals surface area (Å²) in [6, 6.07) is 7.74. The average Bonchev–Trinajstić information content (AvgIpc) is 2.32. The Kier molecular flexibility index (Phi) is 6.39. The number of carbonyl (C=O) groups excluding carboxylic acids is 1. The van der Waals surface area contributed by atoms with E-state index in [0.29, 0.717) is 19.7 Å². The number of ether oxygens (including phenoxy) is 1. The third-order valence-corrected chi connectivity index (χ3v) is 2.50. The van der Waals surface area contributed by atoms with Crippen LogP contribution in [0, 0.1) is 6.92 Å². The maximum atomic E-state index is 11.6. The van der Waals surface area contributed by atoms with Gasteiger partial charge in [0.05, 0.1) is 12.6 Å². The number of hydrogen-bond donors (Lipinski definition) is 2. The molecular weight excluding hydrogens is 228 g/mol. The molecule has 0 saturated heterocycles. The lowest BCUT2D eigenvalue weighted by Crippen LogP contribution is -2.33. The highest BCUT2D eigenvalue weighted by molar-refractivity contribution is 5.92. The van der Waals surface area contributed by atoms with Crippen LogP contribution in [0.25, 0.3) is 0 Å². The zero-order valence-electron chi connectivity index (χ0n) is 11.3. The molecule has 0 aliphatic heterocycles. The van der Waals surface area contributed by atoms with E-state index in [1.54, 1.807) is 0 Å². The number of hydrogen-bond acceptors (Lipinski definition) is 3. The third kappa shape index (κ3) is 5.80. The molecule has 1 atom stereocenters. The monoisotopic (exact) mass is 250 g/mol. The van der Waals surface area contributed by atoms with Gasteiger partial charge in [-0.15, -0.1) is 0 Å². The molecule has 1 rings (SSSR count). The molecule has 1 aromatic rings. The van der Waals surface area contributed by atoms with Crippen LogP contribution in [0.4, 0.5) is 5.69 Å². The van der Waals surface area contributed by atoms with Crippen molar-refractivity contribution in [3.63, 3.8) is 0 Å². The molecule has 0 fully saturated rings. The Bertz CT molecular complexity index is 363. The van der Waals surface area contributed by atoms with Crippen molar-refractivity contribution in [3.05, 3.63) is 29.8 Å². The largest absolute Gasteiger partial charge is 0.377 e. The van der Waals surface area contributed by atoms with Crippen LogP contribution < -0.4 is 10.6 Å². The summed E-state index contributed by atoms with van der Waals surface area (Å²) in [5, 5.41) is 5.90. The van der Waals surface area contributed by atoms with Gasteiger partial charge in [-0.25, -0.2) is 0 Å². The summed E-state index contributed by atoms with van der Waals surface area (Å²) in [6.07, 6.45) is 0.127. The van der Waals surface area contributed by atoms with Crippen LogP contribution in [0.2, 0.25) is 0 Å². The lowest BCUT2D eigenvalue weighted by atomic mass is 10.2. The molecule has 0 saturated carbocycles. The molecular formula is C14H22N2O2. The first-order valence-corrected chi connectivity index (χ1v) is 6.30. The molecule has 4 heteroatoms. The third-order valence-electron chi connectivity index (χ3n) is 2.50. The average molecular weight is 250 g/mol. The molecule has 0 aliphatic carbocycles. The lowest BCUT2D eigenvalue weighted by Gasteiger charge is -2.12. The summed E-state index contributed by atoms with van der Waals surface area (Å²) in [5.41, 5.74) is 2.00. The van der Waals surface area contributed by atoms with Crippen molar-refractivity contribution in [2.75, 3.05) is 25.0 Å². The number of rotatable bonds is 7. The Morgan fingerprint density at radius 3 is 2.61 bits per heavy atom. The van der Waals surface area contributed by atoms with E-state index in [1.807, 2.05) is 45.0 Å². The second-order valence-corrected chi connectivity index (χ2v) is 4.31. The van der Waals surface area contributed by atoms with Crippen LogP contribution in [0.5, 0.6) is 0 Å². The highest BCUT2D eigenvalue weighted by Crippen LogP contribution is 2.07. The van der Waals surface area contributed by atoms with Gasteiger partial charge in [0.15, 0.2) is 0 Å². The van der Waals surface area contributed by atoms with E-state index < -0.39 is 0 Å². The van der Waals surface area contributed by atoms with Crippen molar-refractivity contribution in [2.24, 2.45) is 0 Å². The number of amides is 1. The zero-order chi connectivity index (χ0) is 13.4. The molecule has 1 amide bonds. The van der Waals surface area contributed by atoms with Crippen LogP contribution >= 0.6 is 0 Å². The van der Waals surface area contributed by atoms with Gasteiger partial charge in [0, 0.05) is 18.8 Å². The summed E-state index contributed by atoms with van der Waals surface area (Å²) < 4.78 is 5.36. The predicted octanol–water partition coefficient (Wildman–Crippen LogP) is 1.95. The zero-order valence-corrected chi connectivity index (χ0v) is 11.3. The van der Waals surface area contributed by atoms with E-state index in [4.69, 9.17) is 4.74 Å². The molecule has 4 nitrogen and oxygen atoms in total. The Balaban J connectivity index is 2.23. The lowest BCUT2D eigenvalue weighted by molar-refractivity contribution is -0.115. The van der Waals surface area contributed by atoms with E-state index in [9.17, 15) is 4.79 Å². The second kappa shape index (κ2) is 7.84. The van der Waals surface area contributed by atoms with E-state index in [1.165, 1.54) is 5.56 Å². The highest BCUT2D eigenvalue weighted by atomic mass is 16.5. The van der Waals surface area contributed by atoms with E-state index in [2.05, 4.69) is 10.6 Å². The highest BCUT2D eigenvalue weighted by Gasteiger charge is 2.04. The smallest absolute Gasteiger partial charge is 0.238 e. The first-order valence-electron chi connectivity index (χ1n) is 6.30. The maximum Gasteiger partial charge on any atom is 0.238 e. The van der Waals surface area contributed by atoms with Gasteiger partial charge in [-0.05, 0) is 32.9 Å². The van der Waals surface area contributed by atoms with Crippen molar-refractivity contribution in [3.8, 4) is 0 Å². The van der Waals surface area contributed by atoms with E-state index in [0.717, 1.165) is 5.69 Å². The number of benzene rings is 1. The predicted molar refractivity (Wildman–Crippen MR) is 73.8 cm³/mol. The van der Waals surface area contributed by atoms with Crippen molar-refractivity contribution < 1.29 is 9.53 Å². The number of nitrogens with one attached hydrogen (secondary N) is 2. The second-order valence-electron chi connectivity index (χ2n) is 4.31. The van der Waals surface area contributed by atoms with Gasteiger partial charge in [0.25, 0.3) is 0 Å². The van der Waals surface area contributed by atoms with Gasteiger partial charge in [-0.1, -0.05) is 17.7 Å². The maximum absolute atomic E-state index is 11.6. The minimum atomic E-state index is -0.0393. The topological polar surface area (TPSA) is 50.4 Å². The Hall–Kier alpha value is -1.39. The molecule has 0 heterocycles. The van der Waals surface area contributed by atoms with Crippen LogP contribution in [-0.2, 0) is 9.53 Å². The minimum Gasteiger partial charge on any atom is -0.377 e. The van der Waals surface area contributed by atoms with Gasteiger partial charge in [0.2, 0.25) is 5.91 Å². The van der Waals surface area contributed by atoms with Crippen molar-refractivity contribution in [1.82, 2.24) is 5.32 Å². The minimum absolute atomic E-state index is 0.0393. The van der Waals surface area contributed by atoms with Gasteiger partial charge in [-0.2, -0.15) is 0 Å². The molecule has 18 heavy (non-hydrogen) atoms. The number of carbonyl (C=O) groups is 1. The molecule has 2 N–H and O–H groups in total. The Morgan fingerprint density at radius 1 is 1.33 bits per heavy atom. The molecule has 1 aromatic carbocycles. The standard InChI is InChI=1S/C14H22N2O2/c1-4-18-12(3)9-15-10-14(17)16-13-7-5-11(2)6-8-13/h5-8,12,15H,4,9-10H2,1-3H3,(H,16,17). The van der Waals surface area contributed by atoms with Crippen LogP contribution in [0.3, 0.4) is 0 Å². The summed E-state index contributed by atoms with van der Waals surface area (Å²) >= 11 is 0. The molecule has 0 aliphatic rings. The Morgan fingerprint density at radius 2 is 2.00 bits per heavy atom. The van der Waals surface area contributed by atoms with E-state index >= 15 is 0 Å². The number of anilines is 1. The van der Waals surface area contributed by atoms with Crippen molar-refractivity contribution in [2.45, 2.75) is 26.9 Å². The molecule has 0 spiro atoms. The van der Waals surface area contributed by atoms with Crippen LogP contribution in [0.1, 0.15) is 19.4 Å². The molecule has 0 aromatic heterocycles. The van der Waals surface area contributed by atoms with Crippen LogP contribution in [-0.4, -0.2) is 31.7 Å². The summed E-state index contributed by atoms with van der Waals surface area (Å²) in [7, 11) is 0.